The van der Waals surface area contributed by atoms with Crippen LogP contribution in [-0.4, -0.2) is 40.2 Å². The van der Waals surface area contributed by atoms with Gasteiger partial charge in [-0.1, -0.05) is 48.5 Å². The first-order chi connectivity index (χ1) is 21.4. The lowest BCUT2D eigenvalue weighted by molar-refractivity contribution is -0.140. The standard InChI is InChI=1S/C32H31F6N5O2/c1-20-29(41-15-13-40(14-16-41)17-22-9-5-10-24(28(22)35)32(36,37)38)30(44)43(19-27(39)21-7-3-2-4-8-21)31(45)42(20)18-23-25(33)11-6-12-26(23)34/h2-12,27H,13-19,39H2,1H3/t27-/m0/s1. The molecule has 0 unspecified atom stereocenters. The summed E-state index contributed by atoms with van der Waals surface area (Å²) in [6.45, 7) is 1.71. The van der Waals surface area contributed by atoms with Crippen molar-refractivity contribution in [2.75, 3.05) is 31.1 Å². The molecule has 1 saturated heterocycles. The minimum atomic E-state index is -4.83. The maximum Gasteiger partial charge on any atom is 0.419 e. The zero-order valence-corrected chi connectivity index (χ0v) is 24.3. The summed E-state index contributed by atoms with van der Waals surface area (Å²) >= 11 is 0. The summed E-state index contributed by atoms with van der Waals surface area (Å²) in [5.74, 6) is -3.03. The van der Waals surface area contributed by atoms with Crippen LogP contribution in [0.25, 0.3) is 0 Å². The molecule has 0 aliphatic carbocycles. The van der Waals surface area contributed by atoms with E-state index < -0.39 is 53.0 Å². The molecule has 0 bridgehead atoms. The normalized spacial score (nSPS) is 15.0. The Hall–Kier alpha value is -4.36. The lowest BCUT2D eigenvalue weighted by Gasteiger charge is -2.37. The molecule has 1 aliphatic heterocycles. The van der Waals surface area contributed by atoms with Crippen LogP contribution in [0.15, 0.2) is 76.3 Å². The van der Waals surface area contributed by atoms with Crippen LogP contribution in [0.4, 0.5) is 32.0 Å². The van der Waals surface area contributed by atoms with Crippen molar-refractivity contribution in [2.24, 2.45) is 5.73 Å². The van der Waals surface area contributed by atoms with E-state index >= 15 is 0 Å². The maximum absolute atomic E-state index is 14.7. The van der Waals surface area contributed by atoms with E-state index in [0.717, 1.165) is 27.3 Å². The molecule has 3 aromatic carbocycles. The van der Waals surface area contributed by atoms with Gasteiger partial charge in [0.15, 0.2) is 0 Å². The third-order valence-corrected chi connectivity index (χ3v) is 8.11. The number of nitrogens with zero attached hydrogens (tertiary/aromatic N) is 4. The molecule has 0 saturated carbocycles. The highest BCUT2D eigenvalue weighted by molar-refractivity contribution is 5.50. The monoisotopic (exact) mass is 631 g/mol. The number of rotatable bonds is 8. The minimum Gasteiger partial charge on any atom is -0.363 e. The van der Waals surface area contributed by atoms with Crippen LogP contribution in [0.1, 0.15) is 34.0 Å². The summed E-state index contributed by atoms with van der Waals surface area (Å²) in [7, 11) is 0. The van der Waals surface area contributed by atoms with Crippen molar-refractivity contribution < 1.29 is 26.3 Å². The van der Waals surface area contributed by atoms with E-state index in [1.54, 1.807) is 40.1 Å². The van der Waals surface area contributed by atoms with Gasteiger partial charge in [-0.2, -0.15) is 13.2 Å². The molecule has 7 nitrogen and oxygen atoms in total. The molecule has 0 amide bonds. The molecule has 2 N–H and O–H groups in total. The third-order valence-electron chi connectivity index (χ3n) is 8.11. The summed E-state index contributed by atoms with van der Waals surface area (Å²) in [6, 6.07) is 14.6. The summed E-state index contributed by atoms with van der Waals surface area (Å²) in [6.07, 6.45) is -4.83. The van der Waals surface area contributed by atoms with E-state index in [2.05, 4.69) is 0 Å². The molecule has 45 heavy (non-hydrogen) atoms. The van der Waals surface area contributed by atoms with Crippen molar-refractivity contribution in [3.8, 4) is 0 Å². The number of anilines is 1. The third kappa shape index (κ3) is 6.69. The number of alkyl halides is 3. The van der Waals surface area contributed by atoms with Gasteiger partial charge in [-0.15, -0.1) is 0 Å². The Bertz CT molecular complexity index is 1780. The quantitative estimate of drug-likeness (QED) is 0.282. The average molecular weight is 632 g/mol. The average Bonchev–Trinajstić information content (AvgIpc) is 3.00. The largest absolute Gasteiger partial charge is 0.419 e. The van der Waals surface area contributed by atoms with Crippen LogP contribution in [0.3, 0.4) is 0 Å². The molecule has 1 aromatic heterocycles. The zero-order chi connectivity index (χ0) is 32.5. The molecule has 5 rings (SSSR count). The molecule has 1 atom stereocenters. The molecule has 13 heteroatoms. The summed E-state index contributed by atoms with van der Waals surface area (Å²) in [5.41, 5.74) is 4.17. The lowest BCUT2D eigenvalue weighted by Crippen LogP contribution is -2.51. The first-order valence-electron chi connectivity index (χ1n) is 14.3. The second-order valence-electron chi connectivity index (χ2n) is 11.0. The number of aromatic nitrogens is 2. The summed E-state index contributed by atoms with van der Waals surface area (Å²) in [4.78, 5) is 31.1. The molecular formula is C32H31F6N5O2. The van der Waals surface area contributed by atoms with Crippen molar-refractivity contribution in [2.45, 2.75) is 38.8 Å². The maximum atomic E-state index is 14.7. The van der Waals surface area contributed by atoms with Crippen molar-refractivity contribution in [1.82, 2.24) is 14.0 Å². The highest BCUT2D eigenvalue weighted by atomic mass is 19.4. The van der Waals surface area contributed by atoms with Gasteiger partial charge in [-0.05, 0) is 30.7 Å². The van der Waals surface area contributed by atoms with Crippen LogP contribution in [-0.2, 0) is 25.8 Å². The van der Waals surface area contributed by atoms with Gasteiger partial charge in [0.2, 0.25) is 0 Å². The van der Waals surface area contributed by atoms with Gasteiger partial charge in [-0.3, -0.25) is 18.8 Å². The van der Waals surface area contributed by atoms with Crippen LogP contribution in [0, 0.1) is 24.4 Å². The number of hydrogen-bond acceptors (Lipinski definition) is 5. The number of benzene rings is 3. The fourth-order valence-electron chi connectivity index (χ4n) is 5.63. The van der Waals surface area contributed by atoms with Gasteiger partial charge in [0.25, 0.3) is 5.56 Å². The minimum absolute atomic E-state index is 0.0786. The molecule has 4 aromatic rings. The molecule has 2 heterocycles. The smallest absolute Gasteiger partial charge is 0.363 e. The fraction of sp³-hybridized carbons (Fsp3) is 0.312. The first-order valence-corrected chi connectivity index (χ1v) is 14.3. The van der Waals surface area contributed by atoms with Gasteiger partial charge in [-0.25, -0.2) is 18.0 Å². The molecule has 1 fully saturated rings. The first kappa shape index (κ1) is 32.0. The van der Waals surface area contributed by atoms with E-state index in [1.165, 1.54) is 19.1 Å². The number of halogens is 6. The van der Waals surface area contributed by atoms with Crippen LogP contribution in [0.5, 0.6) is 0 Å². The van der Waals surface area contributed by atoms with Crippen molar-refractivity contribution in [1.29, 1.82) is 0 Å². The Morgan fingerprint density at radius 1 is 0.800 bits per heavy atom. The molecule has 0 spiro atoms. The summed E-state index contributed by atoms with van der Waals surface area (Å²) in [5, 5.41) is 0. The fourth-order valence-corrected chi connectivity index (χ4v) is 5.63. The van der Waals surface area contributed by atoms with E-state index in [4.69, 9.17) is 5.73 Å². The Morgan fingerprint density at radius 2 is 1.42 bits per heavy atom. The van der Waals surface area contributed by atoms with Gasteiger partial charge < -0.3 is 10.6 Å². The predicted octanol–water partition coefficient (Wildman–Crippen LogP) is 4.83. The summed E-state index contributed by atoms with van der Waals surface area (Å²) < 4.78 is 85.7. The van der Waals surface area contributed by atoms with Crippen LogP contribution in [0.2, 0.25) is 0 Å². The lowest BCUT2D eigenvalue weighted by atomic mass is 10.1. The number of piperazine rings is 1. The highest BCUT2D eigenvalue weighted by Crippen LogP contribution is 2.33. The molecule has 1 aliphatic rings. The second kappa shape index (κ2) is 12.9. The Kier molecular flexibility index (Phi) is 9.21. The molecule has 238 valence electrons. The van der Waals surface area contributed by atoms with Gasteiger partial charge in [0, 0.05) is 55.6 Å². The zero-order valence-electron chi connectivity index (χ0n) is 24.3. The van der Waals surface area contributed by atoms with E-state index in [9.17, 15) is 35.9 Å². The SMILES string of the molecule is Cc1c(N2CCN(Cc3cccc(C(F)(F)F)c3F)CC2)c(=O)n(C[C@H](N)c2ccccc2)c(=O)n1Cc1c(F)cccc1F. The Labute approximate surface area is 254 Å². The van der Waals surface area contributed by atoms with Crippen LogP contribution >= 0.6 is 0 Å². The van der Waals surface area contributed by atoms with Crippen molar-refractivity contribution >= 4 is 5.69 Å². The van der Waals surface area contributed by atoms with Gasteiger partial charge in [0.1, 0.15) is 23.1 Å². The van der Waals surface area contributed by atoms with Gasteiger partial charge in [0.05, 0.1) is 18.7 Å². The number of nitrogens with two attached hydrogens (primary N) is 1. The van der Waals surface area contributed by atoms with E-state index in [1.807, 2.05) is 0 Å². The molecule has 0 radical (unpaired) electrons. The predicted molar refractivity (Wildman–Crippen MR) is 157 cm³/mol. The second-order valence-corrected chi connectivity index (χ2v) is 11.0. The Morgan fingerprint density at radius 3 is 2.04 bits per heavy atom. The van der Waals surface area contributed by atoms with Gasteiger partial charge >= 0.3 is 11.9 Å². The highest BCUT2D eigenvalue weighted by Gasteiger charge is 2.35. The van der Waals surface area contributed by atoms with E-state index in [0.29, 0.717) is 11.6 Å². The van der Waals surface area contributed by atoms with Crippen molar-refractivity contribution in [3.63, 3.8) is 0 Å². The van der Waals surface area contributed by atoms with E-state index in [-0.39, 0.29) is 61.8 Å². The van der Waals surface area contributed by atoms with Crippen molar-refractivity contribution in [3.05, 3.63) is 133 Å². The van der Waals surface area contributed by atoms with Crippen LogP contribution < -0.4 is 21.9 Å². The Balaban J connectivity index is 1.47. The topological polar surface area (TPSA) is 76.5 Å². The molecular weight excluding hydrogens is 600 g/mol. The number of hydrogen-bond donors (Lipinski definition) is 1.